The fourth-order valence-corrected chi connectivity index (χ4v) is 2.92. The van der Waals surface area contributed by atoms with Crippen molar-refractivity contribution in [1.82, 2.24) is 0 Å². The van der Waals surface area contributed by atoms with Gasteiger partial charge < -0.3 is 4.74 Å². The van der Waals surface area contributed by atoms with E-state index in [0.717, 1.165) is 19.3 Å². The van der Waals surface area contributed by atoms with Crippen LogP contribution in [0.15, 0.2) is 0 Å². The first-order chi connectivity index (χ1) is 6.94. The molecule has 0 aliphatic heterocycles. The maximum atomic E-state index is 11.7. The number of carbonyl (C=O) groups excluding carboxylic acids is 1. The zero-order chi connectivity index (χ0) is 11.9. The van der Waals surface area contributed by atoms with Gasteiger partial charge in [-0.05, 0) is 20.3 Å². The number of esters is 1. The van der Waals surface area contributed by atoms with Crippen molar-refractivity contribution < 1.29 is 13.7 Å². The van der Waals surface area contributed by atoms with E-state index in [4.69, 9.17) is 0 Å². The lowest BCUT2D eigenvalue weighted by Crippen LogP contribution is -2.32. The van der Waals surface area contributed by atoms with E-state index in [0.29, 0.717) is 11.5 Å². The molecule has 0 fully saturated rings. The Balaban J connectivity index is 3.99. The third-order valence-electron chi connectivity index (χ3n) is 2.24. The summed E-state index contributed by atoms with van der Waals surface area (Å²) in [5.74, 6) is 0.795. The molecule has 0 N–H and O–H groups in total. The second-order valence-corrected chi connectivity index (χ2v) is 5.95. The lowest BCUT2D eigenvalue weighted by atomic mass is 9.97. The van der Waals surface area contributed by atoms with E-state index >= 15 is 0 Å². The van der Waals surface area contributed by atoms with Crippen LogP contribution in [0.4, 0.5) is 0 Å². The number of ether oxygens (including phenoxy) is 1. The van der Waals surface area contributed by atoms with Gasteiger partial charge in [-0.3, -0.25) is 9.00 Å². The Kier molecular flexibility index (Phi) is 6.81. The fourth-order valence-electron chi connectivity index (χ4n) is 1.32. The second kappa shape index (κ2) is 6.99. The van der Waals surface area contributed by atoms with Gasteiger partial charge in [-0.2, -0.15) is 0 Å². The maximum Gasteiger partial charge on any atom is 0.312 e. The third kappa shape index (κ3) is 5.92. The van der Waals surface area contributed by atoms with Gasteiger partial charge in [-0.1, -0.05) is 19.8 Å². The van der Waals surface area contributed by atoms with Gasteiger partial charge in [0, 0.05) is 22.3 Å². The van der Waals surface area contributed by atoms with E-state index in [1.54, 1.807) is 13.8 Å². The number of hydrogen-bond acceptors (Lipinski definition) is 3. The zero-order valence-corrected chi connectivity index (χ0v) is 11.0. The van der Waals surface area contributed by atoms with E-state index < -0.39 is 16.2 Å². The Hall–Kier alpha value is -0.380. The van der Waals surface area contributed by atoms with Crippen molar-refractivity contribution in [3.63, 3.8) is 0 Å². The van der Waals surface area contributed by atoms with Crippen molar-refractivity contribution >= 4 is 16.8 Å². The molecular formula is C11H22O3S. The summed E-state index contributed by atoms with van der Waals surface area (Å²) in [4.78, 5) is 11.3. The molecule has 0 saturated heterocycles. The number of carbonyl (C=O) groups is 1. The molecule has 3 nitrogen and oxygen atoms in total. The summed E-state index contributed by atoms with van der Waals surface area (Å²) in [6.07, 6.45) is 3.20. The predicted molar refractivity (Wildman–Crippen MR) is 63.2 cm³/mol. The first-order valence-corrected chi connectivity index (χ1v) is 6.86. The van der Waals surface area contributed by atoms with Crippen LogP contribution < -0.4 is 0 Å². The Morgan fingerprint density at radius 3 is 2.40 bits per heavy atom. The number of unbranched alkanes of at least 4 members (excludes halogenated alkanes) is 2. The van der Waals surface area contributed by atoms with Gasteiger partial charge in [0.05, 0.1) is 12.5 Å². The standard InChI is InChI=1S/C11H22O3S/c1-5-6-7-8-15(13)9-11(2,3)10(12)14-4/h5-9H2,1-4H3. The minimum atomic E-state index is -0.914. The molecule has 4 heteroatoms. The Labute approximate surface area is 95.0 Å². The number of hydrogen-bond donors (Lipinski definition) is 0. The molecule has 0 bridgehead atoms. The topological polar surface area (TPSA) is 43.4 Å². The minimum absolute atomic E-state index is 0.286. The molecule has 0 rings (SSSR count). The van der Waals surface area contributed by atoms with Crippen LogP contribution in [0.2, 0.25) is 0 Å². The van der Waals surface area contributed by atoms with Crippen LogP contribution >= 0.6 is 0 Å². The van der Waals surface area contributed by atoms with Gasteiger partial charge in [-0.25, -0.2) is 0 Å². The van der Waals surface area contributed by atoms with Crippen LogP contribution in [0.3, 0.4) is 0 Å². The Morgan fingerprint density at radius 2 is 1.93 bits per heavy atom. The van der Waals surface area contributed by atoms with E-state index in [2.05, 4.69) is 11.7 Å². The molecule has 0 radical (unpaired) electrons. The summed E-state index contributed by atoms with van der Waals surface area (Å²) < 4.78 is 16.3. The summed E-state index contributed by atoms with van der Waals surface area (Å²) >= 11 is 0. The first kappa shape index (κ1) is 14.6. The van der Waals surface area contributed by atoms with Crippen LogP contribution in [-0.2, 0) is 20.3 Å². The molecule has 0 saturated carbocycles. The smallest absolute Gasteiger partial charge is 0.312 e. The summed E-state index contributed by atoms with van der Waals surface area (Å²) in [6.45, 7) is 5.66. The molecule has 1 atom stereocenters. The summed E-state index contributed by atoms with van der Waals surface area (Å²) in [6, 6.07) is 0. The SMILES string of the molecule is CCCCCS(=O)CC(C)(C)C(=O)OC. The van der Waals surface area contributed by atoms with Crippen molar-refractivity contribution in [2.24, 2.45) is 5.41 Å². The van der Waals surface area contributed by atoms with Gasteiger partial charge in [-0.15, -0.1) is 0 Å². The van der Waals surface area contributed by atoms with Gasteiger partial charge in [0.2, 0.25) is 0 Å². The van der Waals surface area contributed by atoms with E-state index in [1.165, 1.54) is 7.11 Å². The van der Waals surface area contributed by atoms with Crippen molar-refractivity contribution in [3.05, 3.63) is 0 Å². The molecule has 0 aliphatic rings. The predicted octanol–water partition coefficient (Wildman–Crippen LogP) is 2.12. The molecule has 90 valence electrons. The van der Waals surface area contributed by atoms with Crippen LogP contribution in [-0.4, -0.2) is 28.8 Å². The monoisotopic (exact) mass is 234 g/mol. The largest absolute Gasteiger partial charge is 0.469 e. The fraction of sp³-hybridized carbons (Fsp3) is 0.909. The molecular weight excluding hydrogens is 212 g/mol. The van der Waals surface area contributed by atoms with Crippen LogP contribution in [0.25, 0.3) is 0 Å². The van der Waals surface area contributed by atoms with Crippen LogP contribution in [0, 0.1) is 5.41 Å². The van der Waals surface area contributed by atoms with Crippen molar-refractivity contribution in [3.8, 4) is 0 Å². The number of rotatable bonds is 7. The molecule has 15 heavy (non-hydrogen) atoms. The number of methoxy groups -OCH3 is 1. The Morgan fingerprint density at radius 1 is 1.33 bits per heavy atom. The second-order valence-electron chi connectivity index (χ2n) is 4.37. The molecule has 0 aliphatic carbocycles. The minimum Gasteiger partial charge on any atom is -0.469 e. The average molecular weight is 234 g/mol. The van der Waals surface area contributed by atoms with Crippen molar-refractivity contribution in [2.75, 3.05) is 18.6 Å². The van der Waals surface area contributed by atoms with E-state index in [-0.39, 0.29) is 5.97 Å². The van der Waals surface area contributed by atoms with Gasteiger partial charge in [0.1, 0.15) is 0 Å². The highest BCUT2D eigenvalue weighted by Gasteiger charge is 2.30. The zero-order valence-electron chi connectivity index (χ0n) is 10.2. The van der Waals surface area contributed by atoms with Crippen molar-refractivity contribution in [1.29, 1.82) is 0 Å². The van der Waals surface area contributed by atoms with Crippen molar-refractivity contribution in [2.45, 2.75) is 40.0 Å². The van der Waals surface area contributed by atoms with E-state index in [9.17, 15) is 9.00 Å². The lowest BCUT2D eigenvalue weighted by molar-refractivity contribution is -0.149. The highest BCUT2D eigenvalue weighted by molar-refractivity contribution is 7.85. The van der Waals surface area contributed by atoms with Gasteiger partial charge in [0.15, 0.2) is 0 Å². The van der Waals surface area contributed by atoms with Gasteiger partial charge >= 0.3 is 5.97 Å². The quantitative estimate of drug-likeness (QED) is 0.500. The molecule has 0 heterocycles. The molecule has 1 unspecified atom stereocenters. The molecule has 0 amide bonds. The maximum absolute atomic E-state index is 11.7. The first-order valence-electron chi connectivity index (χ1n) is 5.37. The van der Waals surface area contributed by atoms with Crippen LogP contribution in [0.1, 0.15) is 40.0 Å². The van der Waals surface area contributed by atoms with E-state index in [1.807, 2.05) is 0 Å². The summed E-state index contributed by atoms with van der Waals surface area (Å²) in [5, 5.41) is 0. The average Bonchev–Trinajstić information content (AvgIpc) is 2.16. The summed E-state index contributed by atoms with van der Waals surface area (Å²) in [5.41, 5.74) is -0.633. The Bertz CT molecular complexity index is 224. The third-order valence-corrected chi connectivity index (χ3v) is 4.02. The van der Waals surface area contributed by atoms with Gasteiger partial charge in [0.25, 0.3) is 0 Å². The highest BCUT2D eigenvalue weighted by Crippen LogP contribution is 2.19. The summed E-state index contributed by atoms with van der Waals surface area (Å²) in [7, 11) is 0.451. The van der Waals surface area contributed by atoms with Crippen LogP contribution in [0.5, 0.6) is 0 Å². The highest BCUT2D eigenvalue weighted by atomic mass is 32.2. The molecule has 0 aromatic carbocycles. The lowest BCUT2D eigenvalue weighted by Gasteiger charge is -2.20. The normalized spacial score (nSPS) is 13.6. The molecule has 0 spiro atoms. The molecule has 0 aromatic rings. The molecule has 0 aromatic heterocycles.